The number of carboxylic acid groups (broad SMARTS) is 1. The van der Waals surface area contributed by atoms with Crippen molar-refractivity contribution in [1.29, 1.82) is 0 Å². The first-order valence-electron chi connectivity index (χ1n) is 4.53. The second kappa shape index (κ2) is 5.59. The van der Waals surface area contributed by atoms with E-state index in [9.17, 15) is 4.79 Å². The SMILES string of the molecule is O=C(O)/C=C/NCCC1CCCO1. The summed E-state index contributed by atoms with van der Waals surface area (Å²) in [5.74, 6) is -0.926. The molecule has 0 aromatic carbocycles. The van der Waals surface area contributed by atoms with Gasteiger partial charge in [-0.05, 0) is 19.3 Å². The van der Waals surface area contributed by atoms with Crippen LogP contribution in [0.2, 0.25) is 0 Å². The maximum atomic E-state index is 10.1. The van der Waals surface area contributed by atoms with Gasteiger partial charge < -0.3 is 15.2 Å². The van der Waals surface area contributed by atoms with Crippen molar-refractivity contribution in [2.24, 2.45) is 0 Å². The second-order valence-corrected chi connectivity index (χ2v) is 3.05. The van der Waals surface area contributed by atoms with Crippen LogP contribution < -0.4 is 5.32 Å². The van der Waals surface area contributed by atoms with E-state index in [1.165, 1.54) is 6.20 Å². The average Bonchev–Trinajstić information content (AvgIpc) is 2.55. The van der Waals surface area contributed by atoms with Crippen molar-refractivity contribution in [2.75, 3.05) is 13.2 Å². The van der Waals surface area contributed by atoms with Crippen LogP contribution in [0.1, 0.15) is 19.3 Å². The molecule has 1 fully saturated rings. The quantitative estimate of drug-likeness (QED) is 0.490. The van der Waals surface area contributed by atoms with Crippen LogP contribution in [0.3, 0.4) is 0 Å². The van der Waals surface area contributed by atoms with Gasteiger partial charge in [0.05, 0.1) is 6.10 Å². The van der Waals surface area contributed by atoms with Crippen molar-refractivity contribution >= 4 is 5.97 Å². The lowest BCUT2D eigenvalue weighted by Crippen LogP contribution is -2.15. The molecule has 0 aromatic heterocycles. The van der Waals surface area contributed by atoms with Gasteiger partial charge in [-0.1, -0.05) is 0 Å². The molecule has 1 unspecified atom stereocenters. The minimum atomic E-state index is -0.926. The zero-order valence-electron chi connectivity index (χ0n) is 7.53. The van der Waals surface area contributed by atoms with E-state index >= 15 is 0 Å². The number of aliphatic carboxylic acids is 1. The Bertz CT molecular complexity index is 185. The number of nitrogens with one attached hydrogen (secondary N) is 1. The van der Waals surface area contributed by atoms with E-state index in [4.69, 9.17) is 9.84 Å². The standard InChI is InChI=1S/C9H15NO3/c11-9(12)4-6-10-5-3-8-2-1-7-13-8/h4,6,8,10H,1-3,5,7H2,(H,11,12)/b6-4+. The molecule has 74 valence electrons. The highest BCUT2D eigenvalue weighted by molar-refractivity contribution is 5.79. The molecule has 0 bridgehead atoms. The summed E-state index contributed by atoms with van der Waals surface area (Å²) in [5, 5.41) is 11.2. The second-order valence-electron chi connectivity index (χ2n) is 3.05. The summed E-state index contributed by atoms with van der Waals surface area (Å²) in [6.45, 7) is 1.64. The Morgan fingerprint density at radius 3 is 3.15 bits per heavy atom. The molecule has 1 atom stereocenters. The predicted octanol–water partition coefficient (Wildman–Crippen LogP) is 0.743. The van der Waals surface area contributed by atoms with Gasteiger partial charge in [0.1, 0.15) is 0 Å². The maximum absolute atomic E-state index is 10.1. The van der Waals surface area contributed by atoms with Crippen LogP contribution in [0.25, 0.3) is 0 Å². The van der Waals surface area contributed by atoms with Crippen LogP contribution in [0, 0.1) is 0 Å². The summed E-state index contributed by atoms with van der Waals surface area (Å²) in [7, 11) is 0. The fraction of sp³-hybridized carbons (Fsp3) is 0.667. The van der Waals surface area contributed by atoms with Crippen molar-refractivity contribution in [2.45, 2.75) is 25.4 Å². The van der Waals surface area contributed by atoms with E-state index < -0.39 is 5.97 Å². The van der Waals surface area contributed by atoms with Gasteiger partial charge in [-0.3, -0.25) is 0 Å². The largest absolute Gasteiger partial charge is 0.478 e. The van der Waals surface area contributed by atoms with Gasteiger partial charge in [0.15, 0.2) is 0 Å². The molecule has 2 N–H and O–H groups in total. The van der Waals surface area contributed by atoms with Gasteiger partial charge in [-0.2, -0.15) is 0 Å². The number of carboxylic acids is 1. The van der Waals surface area contributed by atoms with Crippen LogP contribution in [0.15, 0.2) is 12.3 Å². The molecule has 1 aliphatic heterocycles. The Kier molecular flexibility index (Phi) is 4.32. The lowest BCUT2D eigenvalue weighted by Gasteiger charge is -2.07. The minimum Gasteiger partial charge on any atom is -0.478 e. The van der Waals surface area contributed by atoms with Crippen LogP contribution in [-0.2, 0) is 9.53 Å². The van der Waals surface area contributed by atoms with Gasteiger partial charge in [0, 0.05) is 25.4 Å². The van der Waals surface area contributed by atoms with Gasteiger partial charge in [0.2, 0.25) is 0 Å². The number of hydrogen-bond donors (Lipinski definition) is 2. The summed E-state index contributed by atoms with van der Waals surface area (Å²) in [4.78, 5) is 10.1. The molecule has 1 rings (SSSR count). The molecule has 0 amide bonds. The molecule has 4 nitrogen and oxygen atoms in total. The smallest absolute Gasteiger partial charge is 0.329 e. The van der Waals surface area contributed by atoms with E-state index in [-0.39, 0.29) is 0 Å². The number of carbonyl (C=O) groups is 1. The molecular weight excluding hydrogens is 170 g/mol. The number of rotatable bonds is 5. The summed E-state index contributed by atoms with van der Waals surface area (Å²) < 4.78 is 5.40. The van der Waals surface area contributed by atoms with Crippen molar-refractivity contribution in [1.82, 2.24) is 5.32 Å². The Morgan fingerprint density at radius 1 is 1.69 bits per heavy atom. The van der Waals surface area contributed by atoms with E-state index in [1.54, 1.807) is 0 Å². The molecule has 1 saturated heterocycles. The number of hydrogen-bond acceptors (Lipinski definition) is 3. The fourth-order valence-corrected chi connectivity index (χ4v) is 1.33. The van der Waals surface area contributed by atoms with Gasteiger partial charge >= 0.3 is 5.97 Å². The molecule has 0 saturated carbocycles. The Hall–Kier alpha value is -1.03. The molecule has 0 radical (unpaired) electrons. The summed E-state index contributed by atoms with van der Waals surface area (Å²) in [6.07, 6.45) is 6.14. The summed E-state index contributed by atoms with van der Waals surface area (Å²) in [5.41, 5.74) is 0. The maximum Gasteiger partial charge on any atom is 0.329 e. The molecule has 4 heteroatoms. The highest BCUT2D eigenvalue weighted by Gasteiger charge is 2.13. The van der Waals surface area contributed by atoms with E-state index in [1.807, 2.05) is 0 Å². The summed E-state index contributed by atoms with van der Waals surface area (Å²) >= 11 is 0. The first kappa shape index (κ1) is 10.1. The van der Waals surface area contributed by atoms with Gasteiger partial charge in [-0.25, -0.2) is 4.79 Å². The highest BCUT2D eigenvalue weighted by Crippen LogP contribution is 2.14. The third-order valence-electron chi connectivity index (χ3n) is 1.98. The summed E-state index contributed by atoms with van der Waals surface area (Å²) in [6, 6.07) is 0. The predicted molar refractivity (Wildman–Crippen MR) is 48.4 cm³/mol. The van der Waals surface area contributed by atoms with E-state index in [0.717, 1.165) is 38.5 Å². The molecule has 0 spiro atoms. The molecule has 13 heavy (non-hydrogen) atoms. The lowest BCUT2D eigenvalue weighted by atomic mass is 10.2. The van der Waals surface area contributed by atoms with Crippen LogP contribution >= 0.6 is 0 Å². The third kappa shape index (κ3) is 4.52. The Morgan fingerprint density at radius 2 is 2.54 bits per heavy atom. The van der Waals surface area contributed by atoms with Crippen LogP contribution in [0.4, 0.5) is 0 Å². The molecule has 1 heterocycles. The first-order valence-corrected chi connectivity index (χ1v) is 4.53. The molecule has 1 aliphatic rings. The molecular formula is C9H15NO3. The Balaban J connectivity index is 1.97. The topological polar surface area (TPSA) is 58.6 Å². The lowest BCUT2D eigenvalue weighted by molar-refractivity contribution is -0.131. The molecule has 0 aromatic rings. The van der Waals surface area contributed by atoms with Crippen molar-refractivity contribution in [3.8, 4) is 0 Å². The van der Waals surface area contributed by atoms with Crippen molar-refractivity contribution < 1.29 is 14.6 Å². The third-order valence-corrected chi connectivity index (χ3v) is 1.98. The fourth-order valence-electron chi connectivity index (χ4n) is 1.33. The number of ether oxygens (including phenoxy) is 1. The van der Waals surface area contributed by atoms with E-state index in [2.05, 4.69) is 5.32 Å². The van der Waals surface area contributed by atoms with Crippen LogP contribution in [-0.4, -0.2) is 30.3 Å². The van der Waals surface area contributed by atoms with Gasteiger partial charge in [0.25, 0.3) is 0 Å². The molecule has 0 aliphatic carbocycles. The van der Waals surface area contributed by atoms with Gasteiger partial charge in [-0.15, -0.1) is 0 Å². The first-order chi connectivity index (χ1) is 6.29. The normalized spacial score (nSPS) is 22.3. The zero-order valence-corrected chi connectivity index (χ0v) is 7.53. The average molecular weight is 185 g/mol. The van der Waals surface area contributed by atoms with Crippen molar-refractivity contribution in [3.05, 3.63) is 12.3 Å². The monoisotopic (exact) mass is 185 g/mol. The zero-order chi connectivity index (χ0) is 9.52. The van der Waals surface area contributed by atoms with E-state index in [0.29, 0.717) is 6.10 Å². The van der Waals surface area contributed by atoms with Crippen LogP contribution in [0.5, 0.6) is 0 Å². The van der Waals surface area contributed by atoms with Crippen molar-refractivity contribution in [3.63, 3.8) is 0 Å². The minimum absolute atomic E-state index is 0.366. The highest BCUT2D eigenvalue weighted by atomic mass is 16.5. The Labute approximate surface area is 77.6 Å².